The van der Waals surface area contributed by atoms with Crippen molar-refractivity contribution in [1.82, 2.24) is 0 Å². The van der Waals surface area contributed by atoms with E-state index in [1.165, 1.54) is 99.4 Å². The highest BCUT2D eigenvalue weighted by Crippen LogP contribution is 2.65. The van der Waals surface area contributed by atoms with Crippen LogP contribution in [0.15, 0.2) is 0 Å². The van der Waals surface area contributed by atoms with Gasteiger partial charge in [-0.25, -0.2) is 0 Å². The molecule has 4 aliphatic rings. The normalized spacial score (nSPS) is 47.5. The van der Waals surface area contributed by atoms with Crippen molar-refractivity contribution in [3.63, 3.8) is 0 Å². The summed E-state index contributed by atoms with van der Waals surface area (Å²) in [6, 6.07) is 1.90. The SMILES string of the molecule is C[N+]1(C2C[C@]3(C)CC([N+]4(C)CCCCC4)C[C@]3(C)C2)CCCCC1. The van der Waals surface area contributed by atoms with Gasteiger partial charge in [0, 0.05) is 25.7 Å². The first-order valence-electron chi connectivity index (χ1n) is 11.0. The number of nitrogens with zero attached hydrogens (tertiary/aromatic N) is 2. The maximum absolute atomic E-state index is 2.68. The number of hydrogen-bond donors (Lipinski definition) is 0. The predicted molar refractivity (Wildman–Crippen MR) is 102 cm³/mol. The van der Waals surface area contributed by atoms with Crippen molar-refractivity contribution in [3.8, 4) is 0 Å². The van der Waals surface area contributed by atoms with E-state index in [4.69, 9.17) is 0 Å². The zero-order valence-electron chi connectivity index (χ0n) is 16.9. The van der Waals surface area contributed by atoms with Crippen LogP contribution in [-0.2, 0) is 0 Å². The van der Waals surface area contributed by atoms with Gasteiger partial charge in [0.25, 0.3) is 0 Å². The second-order valence-corrected chi connectivity index (χ2v) is 11.2. The van der Waals surface area contributed by atoms with Crippen molar-refractivity contribution in [3.05, 3.63) is 0 Å². The fourth-order valence-electron chi connectivity index (χ4n) is 7.46. The Balaban J connectivity index is 1.50. The largest absolute Gasteiger partial charge is 0.324 e. The van der Waals surface area contributed by atoms with Gasteiger partial charge in [0.1, 0.15) is 0 Å². The summed E-state index contributed by atoms with van der Waals surface area (Å²) in [5.74, 6) is 0. The average molecular weight is 335 g/mol. The van der Waals surface area contributed by atoms with E-state index < -0.39 is 0 Å². The zero-order valence-corrected chi connectivity index (χ0v) is 16.9. The minimum absolute atomic E-state index is 0.611. The summed E-state index contributed by atoms with van der Waals surface area (Å²) in [4.78, 5) is 0. The van der Waals surface area contributed by atoms with Crippen LogP contribution in [0.2, 0.25) is 0 Å². The van der Waals surface area contributed by atoms with E-state index in [2.05, 4.69) is 27.9 Å². The fourth-order valence-corrected chi connectivity index (χ4v) is 7.46. The van der Waals surface area contributed by atoms with Gasteiger partial charge in [-0.3, -0.25) is 0 Å². The summed E-state index contributed by atoms with van der Waals surface area (Å²) in [6.07, 6.45) is 14.9. The van der Waals surface area contributed by atoms with Gasteiger partial charge in [0.05, 0.1) is 52.4 Å². The summed E-state index contributed by atoms with van der Waals surface area (Å²) in [6.45, 7) is 11.2. The number of rotatable bonds is 2. The molecule has 4 rings (SSSR count). The molecule has 4 fully saturated rings. The second kappa shape index (κ2) is 5.71. The molecule has 2 saturated heterocycles. The molecule has 2 heteroatoms. The Hall–Kier alpha value is -0.0800. The minimum atomic E-state index is 0.611. The lowest BCUT2D eigenvalue weighted by Gasteiger charge is -2.46. The Morgan fingerprint density at radius 3 is 1.12 bits per heavy atom. The van der Waals surface area contributed by atoms with Crippen LogP contribution in [0.4, 0.5) is 0 Å². The third-order valence-electron chi connectivity index (χ3n) is 9.64. The summed E-state index contributed by atoms with van der Waals surface area (Å²) in [5.41, 5.74) is 1.22. The molecule has 2 aliphatic heterocycles. The lowest BCUT2D eigenvalue weighted by molar-refractivity contribution is -0.941. The monoisotopic (exact) mass is 334 g/mol. The molecule has 0 radical (unpaired) electrons. The maximum atomic E-state index is 2.68. The molecule has 0 amide bonds. The smallest absolute Gasteiger partial charge is 0.0899 e. The molecule has 0 N–H and O–H groups in total. The minimum Gasteiger partial charge on any atom is -0.324 e. The quantitative estimate of drug-likeness (QED) is 0.648. The average Bonchev–Trinajstić information content (AvgIpc) is 2.95. The lowest BCUT2D eigenvalue weighted by atomic mass is 9.71. The van der Waals surface area contributed by atoms with E-state index >= 15 is 0 Å². The first kappa shape index (κ1) is 17.3. The maximum Gasteiger partial charge on any atom is 0.0899 e. The van der Waals surface area contributed by atoms with Crippen LogP contribution in [-0.4, -0.2) is 61.3 Å². The van der Waals surface area contributed by atoms with Crippen LogP contribution >= 0.6 is 0 Å². The van der Waals surface area contributed by atoms with Gasteiger partial charge in [-0.05, 0) is 49.4 Å². The van der Waals surface area contributed by atoms with Gasteiger partial charge in [-0.15, -0.1) is 0 Å². The Morgan fingerprint density at radius 1 is 0.542 bits per heavy atom. The van der Waals surface area contributed by atoms with Gasteiger partial charge >= 0.3 is 0 Å². The molecule has 2 saturated carbocycles. The Morgan fingerprint density at radius 2 is 0.833 bits per heavy atom. The van der Waals surface area contributed by atoms with Gasteiger partial charge in [-0.1, -0.05) is 13.8 Å². The molecular weight excluding hydrogens is 292 g/mol. The van der Waals surface area contributed by atoms with Gasteiger partial charge in [0.2, 0.25) is 0 Å². The van der Waals surface area contributed by atoms with Crippen LogP contribution in [0.5, 0.6) is 0 Å². The summed E-state index contributed by atoms with van der Waals surface area (Å²) < 4.78 is 2.81. The van der Waals surface area contributed by atoms with E-state index in [1.807, 2.05) is 0 Å². The van der Waals surface area contributed by atoms with Crippen LogP contribution in [0, 0.1) is 10.8 Å². The lowest BCUT2D eigenvalue weighted by Crippen LogP contribution is -2.56. The highest BCUT2D eigenvalue weighted by Gasteiger charge is 2.64. The van der Waals surface area contributed by atoms with Crippen molar-refractivity contribution >= 4 is 0 Å². The molecule has 0 bridgehead atoms. The standard InChI is InChI=1S/C22H42N2/c1-21-15-19(23(3)11-7-5-8-12-23)17-22(21,2)18-20(16-21)24(4)13-9-6-10-14-24/h19-20H,5-18H2,1-4H3/q+2/t19?,20?,21-,22+. The molecule has 2 aliphatic carbocycles. The molecule has 138 valence electrons. The molecule has 2 nitrogen and oxygen atoms in total. The van der Waals surface area contributed by atoms with E-state index in [1.54, 1.807) is 0 Å². The first-order chi connectivity index (χ1) is 11.3. The van der Waals surface area contributed by atoms with Gasteiger partial charge < -0.3 is 8.97 Å². The topological polar surface area (TPSA) is 0 Å². The van der Waals surface area contributed by atoms with Gasteiger partial charge in [-0.2, -0.15) is 0 Å². The molecule has 0 aromatic heterocycles. The van der Waals surface area contributed by atoms with Crippen LogP contribution in [0.3, 0.4) is 0 Å². The van der Waals surface area contributed by atoms with Crippen molar-refractivity contribution in [1.29, 1.82) is 0 Å². The zero-order chi connectivity index (χ0) is 17.1. The number of fused-ring (bicyclic) bond motifs is 1. The van der Waals surface area contributed by atoms with Crippen molar-refractivity contribution < 1.29 is 8.97 Å². The van der Waals surface area contributed by atoms with Gasteiger partial charge in [0.15, 0.2) is 0 Å². The fraction of sp³-hybridized carbons (Fsp3) is 1.00. The summed E-state index contributed by atoms with van der Waals surface area (Å²) in [7, 11) is 5.18. The number of hydrogen-bond acceptors (Lipinski definition) is 0. The molecule has 0 atom stereocenters. The molecule has 0 aromatic rings. The van der Waals surface area contributed by atoms with E-state index in [-0.39, 0.29) is 0 Å². The van der Waals surface area contributed by atoms with E-state index in [9.17, 15) is 0 Å². The first-order valence-corrected chi connectivity index (χ1v) is 11.0. The van der Waals surface area contributed by atoms with Crippen molar-refractivity contribution in [2.75, 3.05) is 40.3 Å². The van der Waals surface area contributed by atoms with Crippen molar-refractivity contribution in [2.24, 2.45) is 10.8 Å². The number of quaternary nitrogens is 2. The third-order valence-corrected chi connectivity index (χ3v) is 9.64. The summed E-state index contributed by atoms with van der Waals surface area (Å²) in [5, 5.41) is 0. The van der Waals surface area contributed by atoms with Crippen LogP contribution in [0.1, 0.15) is 78.1 Å². The molecule has 2 heterocycles. The molecule has 24 heavy (non-hydrogen) atoms. The van der Waals surface area contributed by atoms with Crippen LogP contribution in [0.25, 0.3) is 0 Å². The summed E-state index contributed by atoms with van der Waals surface area (Å²) >= 11 is 0. The highest BCUT2D eigenvalue weighted by molar-refractivity contribution is 5.09. The Labute approximate surface area is 150 Å². The van der Waals surface area contributed by atoms with Crippen molar-refractivity contribution in [2.45, 2.75) is 90.1 Å². The predicted octanol–water partition coefficient (Wildman–Crippen LogP) is 4.58. The van der Waals surface area contributed by atoms with E-state index in [0.717, 1.165) is 12.1 Å². The Kier molecular flexibility index (Phi) is 4.12. The molecule has 0 unspecified atom stereocenters. The highest BCUT2D eigenvalue weighted by atomic mass is 15.4. The third kappa shape index (κ3) is 2.58. The number of piperidine rings is 2. The van der Waals surface area contributed by atoms with E-state index in [0.29, 0.717) is 10.8 Å². The molecule has 0 spiro atoms. The molecular formula is C22H42N2+2. The molecule has 0 aromatic carbocycles. The van der Waals surface area contributed by atoms with Crippen LogP contribution < -0.4 is 0 Å². The number of likely N-dealkylation sites (tertiary alicyclic amines) is 2. The Bertz CT molecular complexity index is 414. The second-order valence-electron chi connectivity index (χ2n) is 11.2.